The van der Waals surface area contributed by atoms with E-state index in [1.165, 1.54) is 22.9 Å². The number of nitrogens with one attached hydrogen (secondary N) is 1. The number of fused-ring (bicyclic) bond motifs is 3. The van der Waals surface area contributed by atoms with Crippen molar-refractivity contribution < 1.29 is 9.53 Å². The summed E-state index contributed by atoms with van der Waals surface area (Å²) < 4.78 is 6.60. The van der Waals surface area contributed by atoms with E-state index in [4.69, 9.17) is 16.3 Å². The average Bonchev–Trinajstić information content (AvgIpc) is 3.02. The number of halogens is 1. The highest BCUT2D eigenvalue weighted by Gasteiger charge is 2.23. The Morgan fingerprint density at radius 2 is 2.29 bits per heavy atom. The van der Waals surface area contributed by atoms with Crippen molar-refractivity contribution in [2.75, 3.05) is 12.4 Å². The van der Waals surface area contributed by atoms with E-state index < -0.39 is 0 Å². The van der Waals surface area contributed by atoms with Crippen LogP contribution in [0, 0.1) is 5.92 Å². The Hall–Kier alpha value is -2.38. The molecular formula is C20H20ClN3O3S. The van der Waals surface area contributed by atoms with Crippen molar-refractivity contribution >= 4 is 44.7 Å². The number of aromatic nitrogens is 2. The lowest BCUT2D eigenvalue weighted by Crippen LogP contribution is -2.28. The van der Waals surface area contributed by atoms with Crippen LogP contribution < -0.4 is 15.6 Å². The number of amides is 1. The first-order chi connectivity index (χ1) is 13.5. The molecule has 28 heavy (non-hydrogen) atoms. The molecule has 146 valence electrons. The van der Waals surface area contributed by atoms with Gasteiger partial charge in [-0.25, -0.2) is 4.98 Å². The second-order valence-corrected chi connectivity index (χ2v) is 8.62. The Morgan fingerprint density at radius 3 is 3.07 bits per heavy atom. The van der Waals surface area contributed by atoms with Gasteiger partial charge >= 0.3 is 0 Å². The van der Waals surface area contributed by atoms with E-state index in [1.807, 2.05) is 0 Å². The molecule has 1 aliphatic rings. The molecule has 0 radical (unpaired) electrons. The van der Waals surface area contributed by atoms with E-state index in [2.05, 4.69) is 17.2 Å². The molecule has 6 nitrogen and oxygen atoms in total. The van der Waals surface area contributed by atoms with Gasteiger partial charge in [-0.05, 0) is 48.9 Å². The number of ether oxygens (including phenoxy) is 1. The van der Waals surface area contributed by atoms with Gasteiger partial charge in [-0.3, -0.25) is 14.2 Å². The standard InChI is InChI=1S/C20H20ClN3O3S/c1-11-3-5-13-16(7-11)28-19-18(13)20(26)24(10-22-19)9-17(25)23-14-8-12(21)4-6-15(14)27-2/h4,6,8,10-11H,3,5,7,9H2,1-2H3,(H,23,25). The summed E-state index contributed by atoms with van der Waals surface area (Å²) >= 11 is 7.60. The maximum absolute atomic E-state index is 13.0. The summed E-state index contributed by atoms with van der Waals surface area (Å²) in [5.74, 6) is 0.780. The summed E-state index contributed by atoms with van der Waals surface area (Å²) in [7, 11) is 1.52. The third-order valence-electron chi connectivity index (χ3n) is 5.03. The second kappa shape index (κ2) is 7.56. The van der Waals surface area contributed by atoms with Crippen molar-refractivity contribution in [1.82, 2.24) is 9.55 Å². The number of hydrogen-bond acceptors (Lipinski definition) is 5. The Bertz CT molecular complexity index is 1120. The molecule has 2 aromatic heterocycles. The predicted octanol–water partition coefficient (Wildman–Crippen LogP) is 3.88. The van der Waals surface area contributed by atoms with Crippen molar-refractivity contribution in [3.8, 4) is 5.75 Å². The molecule has 0 bridgehead atoms. The molecule has 1 N–H and O–H groups in total. The first-order valence-electron chi connectivity index (χ1n) is 9.09. The fourth-order valence-electron chi connectivity index (χ4n) is 3.60. The molecule has 0 saturated heterocycles. The van der Waals surface area contributed by atoms with Crippen LogP contribution in [0.15, 0.2) is 29.3 Å². The fourth-order valence-corrected chi connectivity index (χ4v) is 5.11. The highest BCUT2D eigenvalue weighted by atomic mass is 35.5. The lowest BCUT2D eigenvalue weighted by molar-refractivity contribution is -0.116. The van der Waals surface area contributed by atoms with Crippen LogP contribution in [0.25, 0.3) is 10.2 Å². The van der Waals surface area contributed by atoms with Crippen molar-refractivity contribution in [2.45, 2.75) is 32.7 Å². The van der Waals surface area contributed by atoms with Gasteiger partial charge in [0.05, 0.1) is 24.5 Å². The predicted molar refractivity (Wildman–Crippen MR) is 112 cm³/mol. The Balaban J connectivity index is 1.62. The molecule has 1 atom stereocenters. The zero-order chi connectivity index (χ0) is 19.8. The zero-order valence-electron chi connectivity index (χ0n) is 15.6. The number of anilines is 1. The fraction of sp³-hybridized carbons (Fsp3) is 0.350. The summed E-state index contributed by atoms with van der Waals surface area (Å²) in [5.41, 5.74) is 1.41. The van der Waals surface area contributed by atoms with Gasteiger partial charge in [0.1, 0.15) is 17.1 Å². The largest absolute Gasteiger partial charge is 0.495 e. The molecule has 0 saturated carbocycles. The normalized spacial score (nSPS) is 16.0. The molecule has 0 spiro atoms. The number of nitrogens with zero attached hydrogens (tertiary/aromatic N) is 2. The third kappa shape index (κ3) is 3.52. The lowest BCUT2D eigenvalue weighted by atomic mass is 9.89. The molecule has 0 aliphatic heterocycles. The number of hydrogen-bond donors (Lipinski definition) is 1. The third-order valence-corrected chi connectivity index (χ3v) is 6.43. The summed E-state index contributed by atoms with van der Waals surface area (Å²) in [6.45, 7) is 2.10. The minimum atomic E-state index is -0.346. The van der Waals surface area contributed by atoms with Gasteiger partial charge in [-0.15, -0.1) is 11.3 Å². The Kier molecular flexibility index (Phi) is 5.12. The van der Waals surface area contributed by atoms with Gasteiger partial charge in [-0.1, -0.05) is 18.5 Å². The van der Waals surface area contributed by atoms with Gasteiger partial charge in [0.15, 0.2) is 0 Å². The number of carbonyl (C=O) groups is 1. The van der Waals surface area contributed by atoms with E-state index in [0.29, 0.717) is 27.8 Å². The smallest absolute Gasteiger partial charge is 0.262 e. The van der Waals surface area contributed by atoms with E-state index in [9.17, 15) is 9.59 Å². The van der Waals surface area contributed by atoms with Crippen LogP contribution in [0.1, 0.15) is 23.8 Å². The SMILES string of the molecule is COc1ccc(Cl)cc1NC(=O)Cn1cnc2sc3c(c2c1=O)CCC(C)C3. The van der Waals surface area contributed by atoms with Crippen molar-refractivity contribution in [3.63, 3.8) is 0 Å². The monoisotopic (exact) mass is 417 g/mol. The van der Waals surface area contributed by atoms with E-state index in [0.717, 1.165) is 29.7 Å². The maximum Gasteiger partial charge on any atom is 0.262 e. The zero-order valence-corrected chi connectivity index (χ0v) is 17.2. The van der Waals surface area contributed by atoms with Crippen LogP contribution in [0.2, 0.25) is 5.02 Å². The molecular weight excluding hydrogens is 398 g/mol. The number of carbonyl (C=O) groups excluding carboxylic acids is 1. The summed E-state index contributed by atoms with van der Waals surface area (Å²) in [6, 6.07) is 4.97. The van der Waals surface area contributed by atoms with Gasteiger partial charge < -0.3 is 10.1 Å². The molecule has 1 amide bonds. The summed E-state index contributed by atoms with van der Waals surface area (Å²) in [4.78, 5) is 32.0. The van der Waals surface area contributed by atoms with Crippen molar-refractivity contribution in [1.29, 1.82) is 0 Å². The lowest BCUT2D eigenvalue weighted by Gasteiger charge is -2.17. The topological polar surface area (TPSA) is 73.2 Å². The van der Waals surface area contributed by atoms with E-state index >= 15 is 0 Å². The van der Waals surface area contributed by atoms with Gasteiger partial charge in [0.25, 0.3) is 5.56 Å². The highest BCUT2D eigenvalue weighted by Crippen LogP contribution is 2.35. The molecule has 2 heterocycles. The number of aryl methyl sites for hydroxylation is 1. The van der Waals surface area contributed by atoms with Gasteiger partial charge in [-0.2, -0.15) is 0 Å². The van der Waals surface area contributed by atoms with E-state index in [-0.39, 0.29) is 18.0 Å². The van der Waals surface area contributed by atoms with Crippen LogP contribution >= 0.6 is 22.9 Å². The highest BCUT2D eigenvalue weighted by molar-refractivity contribution is 7.18. The molecule has 3 aromatic rings. The first-order valence-corrected chi connectivity index (χ1v) is 10.3. The van der Waals surface area contributed by atoms with Crippen LogP contribution in [-0.2, 0) is 24.2 Å². The number of thiophene rings is 1. The van der Waals surface area contributed by atoms with Crippen molar-refractivity contribution in [3.05, 3.63) is 50.3 Å². The summed E-state index contributed by atoms with van der Waals surface area (Å²) in [6.07, 6.45) is 4.40. The molecule has 1 unspecified atom stereocenters. The van der Waals surface area contributed by atoms with Crippen LogP contribution in [0.3, 0.4) is 0 Å². The number of benzene rings is 1. The first kappa shape index (κ1) is 19.0. The molecule has 1 aromatic carbocycles. The van der Waals surface area contributed by atoms with Gasteiger partial charge in [0, 0.05) is 9.90 Å². The molecule has 8 heteroatoms. The summed E-state index contributed by atoms with van der Waals surface area (Å²) in [5, 5.41) is 3.91. The Labute approximate surface area is 171 Å². The minimum Gasteiger partial charge on any atom is -0.495 e. The quantitative estimate of drug-likeness (QED) is 0.699. The molecule has 0 fully saturated rings. The molecule has 4 rings (SSSR count). The minimum absolute atomic E-state index is 0.127. The van der Waals surface area contributed by atoms with Crippen LogP contribution in [-0.4, -0.2) is 22.6 Å². The molecule has 1 aliphatic carbocycles. The van der Waals surface area contributed by atoms with E-state index in [1.54, 1.807) is 29.5 Å². The number of rotatable bonds is 4. The second-order valence-electron chi connectivity index (χ2n) is 7.10. The van der Waals surface area contributed by atoms with Gasteiger partial charge in [0.2, 0.25) is 5.91 Å². The Morgan fingerprint density at radius 1 is 1.46 bits per heavy atom. The average molecular weight is 418 g/mol. The van der Waals surface area contributed by atoms with Crippen molar-refractivity contribution in [2.24, 2.45) is 5.92 Å². The maximum atomic E-state index is 13.0. The number of methoxy groups -OCH3 is 1. The van der Waals surface area contributed by atoms with Crippen LogP contribution in [0.5, 0.6) is 5.75 Å². The van der Waals surface area contributed by atoms with Crippen LogP contribution in [0.4, 0.5) is 5.69 Å².